The molecule has 0 aliphatic carbocycles. The predicted octanol–water partition coefficient (Wildman–Crippen LogP) is 3.62. The first kappa shape index (κ1) is 11.0. The first-order valence-electron chi connectivity index (χ1n) is 4.98. The van der Waals surface area contributed by atoms with Crippen LogP contribution in [0.3, 0.4) is 0 Å². The van der Waals surface area contributed by atoms with Crippen LogP contribution in [-0.4, -0.2) is 5.78 Å². The minimum absolute atomic E-state index is 0.167. The van der Waals surface area contributed by atoms with Crippen LogP contribution in [0, 0.1) is 12.7 Å². The van der Waals surface area contributed by atoms with Gasteiger partial charge < -0.3 is 0 Å². The van der Waals surface area contributed by atoms with Crippen molar-refractivity contribution in [1.29, 1.82) is 0 Å². The van der Waals surface area contributed by atoms with Gasteiger partial charge in [0.2, 0.25) is 0 Å². The molecule has 16 heavy (non-hydrogen) atoms. The first-order chi connectivity index (χ1) is 7.68. The third-order valence-electron chi connectivity index (χ3n) is 2.44. The maximum Gasteiger partial charge on any atom is 0.170 e. The molecule has 0 N–H and O–H groups in total. The SMILES string of the molecule is Cc1cccc(C(=O)Cc2ccsc2)c1F. The molecule has 2 rings (SSSR count). The van der Waals surface area contributed by atoms with Crippen LogP contribution in [0.5, 0.6) is 0 Å². The molecule has 1 aromatic carbocycles. The number of aryl methyl sites for hydroxylation is 1. The van der Waals surface area contributed by atoms with Gasteiger partial charge in [-0.1, -0.05) is 12.1 Å². The third kappa shape index (κ3) is 2.19. The Bertz CT molecular complexity index is 503. The Balaban J connectivity index is 2.24. The summed E-state index contributed by atoms with van der Waals surface area (Å²) in [6.45, 7) is 1.66. The lowest BCUT2D eigenvalue weighted by molar-refractivity contribution is 0.0989. The average molecular weight is 234 g/mol. The number of carbonyl (C=O) groups excluding carboxylic acids is 1. The maximum atomic E-state index is 13.7. The quantitative estimate of drug-likeness (QED) is 0.741. The second-order valence-electron chi connectivity index (χ2n) is 3.67. The van der Waals surface area contributed by atoms with E-state index in [0.29, 0.717) is 5.56 Å². The Hall–Kier alpha value is -1.48. The van der Waals surface area contributed by atoms with E-state index in [0.717, 1.165) is 5.56 Å². The van der Waals surface area contributed by atoms with E-state index >= 15 is 0 Å². The molecule has 0 radical (unpaired) electrons. The van der Waals surface area contributed by atoms with Crippen LogP contribution in [0.4, 0.5) is 4.39 Å². The van der Waals surface area contributed by atoms with Gasteiger partial charge in [-0.2, -0.15) is 11.3 Å². The summed E-state index contributed by atoms with van der Waals surface area (Å²) in [6.07, 6.45) is 0.268. The van der Waals surface area contributed by atoms with E-state index in [1.54, 1.807) is 19.1 Å². The molecule has 1 heterocycles. The predicted molar refractivity (Wildman–Crippen MR) is 63.5 cm³/mol. The first-order valence-corrected chi connectivity index (χ1v) is 5.92. The molecule has 0 atom stereocenters. The number of benzene rings is 1. The molecule has 1 aromatic heterocycles. The molecule has 0 aliphatic rings. The van der Waals surface area contributed by atoms with Crippen molar-refractivity contribution in [2.45, 2.75) is 13.3 Å². The topological polar surface area (TPSA) is 17.1 Å². The van der Waals surface area contributed by atoms with Gasteiger partial charge in [0.25, 0.3) is 0 Å². The van der Waals surface area contributed by atoms with E-state index in [9.17, 15) is 9.18 Å². The van der Waals surface area contributed by atoms with Crippen LogP contribution in [0.25, 0.3) is 0 Å². The highest BCUT2D eigenvalue weighted by Crippen LogP contribution is 2.15. The molecule has 1 nitrogen and oxygen atoms in total. The number of ketones is 1. The molecule has 2 aromatic rings. The van der Waals surface area contributed by atoms with Crippen LogP contribution in [0.1, 0.15) is 21.5 Å². The molecule has 3 heteroatoms. The molecule has 0 unspecified atom stereocenters. The summed E-state index contributed by atoms with van der Waals surface area (Å²) in [6, 6.07) is 6.79. The van der Waals surface area contributed by atoms with Crippen LogP contribution in [-0.2, 0) is 6.42 Å². The van der Waals surface area contributed by atoms with E-state index in [1.165, 1.54) is 17.4 Å². The number of hydrogen-bond acceptors (Lipinski definition) is 2. The highest BCUT2D eigenvalue weighted by Gasteiger charge is 2.13. The van der Waals surface area contributed by atoms with Crippen molar-refractivity contribution in [2.75, 3.05) is 0 Å². The lowest BCUT2D eigenvalue weighted by Gasteiger charge is -2.03. The highest BCUT2D eigenvalue weighted by molar-refractivity contribution is 7.08. The van der Waals surface area contributed by atoms with Gasteiger partial charge in [-0.05, 0) is 40.9 Å². The Morgan fingerprint density at radius 1 is 1.38 bits per heavy atom. The summed E-state index contributed by atoms with van der Waals surface area (Å²) in [5.74, 6) is -0.567. The summed E-state index contributed by atoms with van der Waals surface area (Å²) in [7, 11) is 0. The van der Waals surface area contributed by atoms with Crippen LogP contribution < -0.4 is 0 Å². The molecule has 0 amide bonds. The van der Waals surface area contributed by atoms with Crippen molar-refractivity contribution in [3.63, 3.8) is 0 Å². The fourth-order valence-electron chi connectivity index (χ4n) is 1.54. The fraction of sp³-hybridized carbons (Fsp3) is 0.154. The van der Waals surface area contributed by atoms with E-state index in [1.807, 2.05) is 16.8 Å². The monoisotopic (exact) mass is 234 g/mol. The number of hydrogen-bond donors (Lipinski definition) is 0. The lowest BCUT2D eigenvalue weighted by Crippen LogP contribution is -2.06. The molecule has 0 aliphatic heterocycles. The van der Waals surface area contributed by atoms with E-state index < -0.39 is 5.82 Å². The smallest absolute Gasteiger partial charge is 0.170 e. The molecular formula is C13H11FOS. The van der Waals surface area contributed by atoms with Crippen molar-refractivity contribution in [3.8, 4) is 0 Å². The minimum atomic E-state index is -0.400. The summed E-state index contributed by atoms with van der Waals surface area (Å²) < 4.78 is 13.7. The van der Waals surface area contributed by atoms with E-state index in [2.05, 4.69) is 0 Å². The number of rotatable bonds is 3. The Kier molecular flexibility index (Phi) is 3.15. The molecule has 0 fully saturated rings. The van der Waals surface area contributed by atoms with Crippen molar-refractivity contribution in [2.24, 2.45) is 0 Å². The fourth-order valence-corrected chi connectivity index (χ4v) is 2.21. The summed E-state index contributed by atoms with van der Waals surface area (Å²) in [5, 5.41) is 3.82. The van der Waals surface area contributed by atoms with Crippen molar-refractivity contribution >= 4 is 17.1 Å². The van der Waals surface area contributed by atoms with Gasteiger partial charge >= 0.3 is 0 Å². The van der Waals surface area contributed by atoms with Crippen molar-refractivity contribution in [3.05, 3.63) is 57.5 Å². The van der Waals surface area contributed by atoms with Gasteiger partial charge in [0.1, 0.15) is 5.82 Å². The van der Waals surface area contributed by atoms with E-state index in [4.69, 9.17) is 0 Å². The molecule has 0 spiro atoms. The second kappa shape index (κ2) is 4.58. The van der Waals surface area contributed by atoms with Crippen LogP contribution >= 0.6 is 11.3 Å². The Labute approximate surface area is 97.6 Å². The summed E-state index contributed by atoms with van der Waals surface area (Å²) in [5.41, 5.74) is 1.64. The lowest BCUT2D eigenvalue weighted by atomic mass is 10.0. The maximum absolute atomic E-state index is 13.7. The number of Topliss-reactive ketones (excluding diaryl/α,β-unsaturated/α-hetero) is 1. The largest absolute Gasteiger partial charge is 0.294 e. The normalized spacial score (nSPS) is 10.4. The third-order valence-corrected chi connectivity index (χ3v) is 3.17. The summed E-state index contributed by atoms with van der Waals surface area (Å²) >= 11 is 1.54. The highest BCUT2D eigenvalue weighted by atomic mass is 32.1. The molecule has 0 bridgehead atoms. The Morgan fingerprint density at radius 2 is 2.19 bits per heavy atom. The number of thiophene rings is 1. The molecule has 82 valence electrons. The molecule has 0 saturated carbocycles. The molecule has 0 saturated heterocycles. The van der Waals surface area contributed by atoms with Gasteiger partial charge in [-0.25, -0.2) is 4.39 Å². The van der Waals surface area contributed by atoms with Crippen molar-refractivity contribution < 1.29 is 9.18 Å². The number of halogens is 1. The van der Waals surface area contributed by atoms with Crippen LogP contribution in [0.15, 0.2) is 35.0 Å². The van der Waals surface area contributed by atoms with Gasteiger partial charge in [0.05, 0.1) is 5.56 Å². The van der Waals surface area contributed by atoms with Gasteiger partial charge in [0, 0.05) is 6.42 Å². The average Bonchev–Trinajstić information content (AvgIpc) is 2.74. The number of carbonyl (C=O) groups is 1. The van der Waals surface area contributed by atoms with Crippen LogP contribution in [0.2, 0.25) is 0 Å². The minimum Gasteiger partial charge on any atom is -0.294 e. The zero-order valence-electron chi connectivity index (χ0n) is 8.87. The zero-order chi connectivity index (χ0) is 11.5. The second-order valence-corrected chi connectivity index (χ2v) is 4.45. The zero-order valence-corrected chi connectivity index (χ0v) is 9.68. The Morgan fingerprint density at radius 3 is 2.88 bits per heavy atom. The van der Waals surface area contributed by atoms with Gasteiger partial charge in [-0.3, -0.25) is 4.79 Å². The van der Waals surface area contributed by atoms with Gasteiger partial charge in [0.15, 0.2) is 5.78 Å². The standard InChI is InChI=1S/C13H11FOS/c1-9-3-2-4-11(13(9)14)12(15)7-10-5-6-16-8-10/h2-6,8H,7H2,1H3. The summed E-state index contributed by atoms with van der Waals surface area (Å²) in [4.78, 5) is 11.8. The van der Waals surface area contributed by atoms with Gasteiger partial charge in [-0.15, -0.1) is 0 Å². The van der Waals surface area contributed by atoms with E-state index in [-0.39, 0.29) is 17.8 Å². The van der Waals surface area contributed by atoms with Crippen molar-refractivity contribution in [1.82, 2.24) is 0 Å². The molecular weight excluding hydrogens is 223 g/mol.